The largest absolute Gasteiger partial charge is 0.350 e. The van der Waals surface area contributed by atoms with Crippen LogP contribution in [0.1, 0.15) is 79.1 Å². The summed E-state index contributed by atoms with van der Waals surface area (Å²) in [4.78, 5) is 0. The smallest absolute Gasteiger partial charge is 0.155 e. The van der Waals surface area contributed by atoms with E-state index in [-0.39, 0.29) is 6.29 Å². The Morgan fingerprint density at radius 2 is 1.80 bits per heavy atom. The maximum absolute atomic E-state index is 5.87. The lowest BCUT2D eigenvalue weighted by atomic mass is 9.98. The highest BCUT2D eigenvalue weighted by Gasteiger charge is 2.27. The molecule has 1 rings (SSSR count). The summed E-state index contributed by atoms with van der Waals surface area (Å²) in [6.45, 7) is 8.80. The van der Waals surface area contributed by atoms with E-state index in [1.165, 1.54) is 32.1 Å². The summed E-state index contributed by atoms with van der Waals surface area (Å²) in [7, 11) is 0. The van der Waals surface area contributed by atoms with Crippen molar-refractivity contribution in [3.05, 3.63) is 12.2 Å². The van der Waals surface area contributed by atoms with Crippen LogP contribution in [-0.2, 0) is 9.47 Å². The van der Waals surface area contributed by atoms with Crippen LogP contribution in [0.25, 0.3) is 0 Å². The Labute approximate surface area is 125 Å². The Bertz CT molecular complexity index is 258. The van der Waals surface area contributed by atoms with Crippen LogP contribution < -0.4 is 0 Å². The summed E-state index contributed by atoms with van der Waals surface area (Å²) in [5.74, 6) is 0.694. The lowest BCUT2D eigenvalue weighted by Gasteiger charge is -2.34. The predicted octanol–water partition coefficient (Wildman–Crippen LogP) is 5.47. The molecule has 0 bridgehead atoms. The molecule has 0 aromatic carbocycles. The summed E-state index contributed by atoms with van der Waals surface area (Å²) >= 11 is 0. The Morgan fingerprint density at radius 3 is 2.50 bits per heavy atom. The second-order valence-electron chi connectivity index (χ2n) is 6.51. The Morgan fingerprint density at radius 1 is 1.05 bits per heavy atom. The van der Waals surface area contributed by atoms with Crippen LogP contribution in [0.5, 0.6) is 0 Å². The summed E-state index contributed by atoms with van der Waals surface area (Å²) in [6.07, 6.45) is 15.1. The first-order chi connectivity index (χ1) is 9.61. The fraction of sp³-hybridized carbons (Fsp3) is 0.889. The average molecular weight is 282 g/mol. The Balaban J connectivity index is 2.19. The van der Waals surface area contributed by atoms with E-state index in [1.807, 2.05) is 6.92 Å². The molecule has 1 aliphatic heterocycles. The van der Waals surface area contributed by atoms with Crippen molar-refractivity contribution in [1.82, 2.24) is 0 Å². The molecule has 0 unspecified atom stereocenters. The van der Waals surface area contributed by atoms with Gasteiger partial charge < -0.3 is 9.47 Å². The second kappa shape index (κ2) is 10.4. The molecule has 0 saturated carbocycles. The van der Waals surface area contributed by atoms with Crippen LogP contribution in [0.2, 0.25) is 0 Å². The predicted molar refractivity (Wildman–Crippen MR) is 85.8 cm³/mol. The number of hydrogen-bond acceptors (Lipinski definition) is 2. The molecule has 1 saturated heterocycles. The molecule has 0 spiro atoms. The zero-order chi connectivity index (χ0) is 14.8. The standard InChI is InChI=1S/C18H34O2/c1-5-6-7-8-9-10-11-12-17-14-18(13-15(2)3)20-16(4)19-17/h10-11,15-18H,5-9,12-14H2,1-4H3/b11-10-/t16-,17-,18+/m0/s1. The summed E-state index contributed by atoms with van der Waals surface area (Å²) in [5, 5.41) is 0. The summed E-state index contributed by atoms with van der Waals surface area (Å²) in [5.41, 5.74) is 0. The Kier molecular flexibility index (Phi) is 9.21. The van der Waals surface area contributed by atoms with E-state index in [9.17, 15) is 0 Å². The van der Waals surface area contributed by atoms with Gasteiger partial charge in [-0.25, -0.2) is 0 Å². The monoisotopic (exact) mass is 282 g/mol. The molecule has 118 valence electrons. The molecule has 0 aliphatic carbocycles. The zero-order valence-corrected chi connectivity index (χ0v) is 13.9. The molecule has 2 nitrogen and oxygen atoms in total. The van der Waals surface area contributed by atoms with E-state index >= 15 is 0 Å². The van der Waals surface area contributed by atoms with Gasteiger partial charge in [0.05, 0.1) is 12.2 Å². The molecule has 0 aromatic heterocycles. The SMILES string of the molecule is CCCCCC/C=C\C[C@H]1C[C@@H](CC(C)C)O[C@@H](C)O1. The van der Waals surface area contributed by atoms with Crippen molar-refractivity contribution in [1.29, 1.82) is 0 Å². The third-order valence-electron chi connectivity index (χ3n) is 3.82. The highest BCUT2D eigenvalue weighted by molar-refractivity contribution is 4.86. The number of hydrogen-bond donors (Lipinski definition) is 0. The number of unbranched alkanes of at least 4 members (excludes halogenated alkanes) is 4. The lowest BCUT2D eigenvalue weighted by molar-refractivity contribution is -0.235. The average Bonchev–Trinajstić information content (AvgIpc) is 2.36. The maximum atomic E-state index is 5.87. The maximum Gasteiger partial charge on any atom is 0.155 e. The number of rotatable bonds is 9. The normalized spacial score (nSPS) is 27.6. The van der Waals surface area contributed by atoms with Gasteiger partial charge in [0, 0.05) is 6.42 Å². The van der Waals surface area contributed by atoms with Gasteiger partial charge in [-0.3, -0.25) is 0 Å². The Hall–Kier alpha value is -0.340. The van der Waals surface area contributed by atoms with E-state index in [0.717, 1.165) is 19.3 Å². The molecule has 2 heteroatoms. The van der Waals surface area contributed by atoms with Crippen LogP contribution in [0, 0.1) is 5.92 Å². The van der Waals surface area contributed by atoms with E-state index in [4.69, 9.17) is 9.47 Å². The molecular weight excluding hydrogens is 248 g/mol. The molecule has 0 radical (unpaired) electrons. The van der Waals surface area contributed by atoms with E-state index in [0.29, 0.717) is 18.1 Å². The van der Waals surface area contributed by atoms with Gasteiger partial charge in [-0.2, -0.15) is 0 Å². The first-order valence-corrected chi connectivity index (χ1v) is 8.57. The van der Waals surface area contributed by atoms with Crippen LogP contribution in [-0.4, -0.2) is 18.5 Å². The fourth-order valence-corrected chi connectivity index (χ4v) is 2.86. The van der Waals surface area contributed by atoms with Crippen molar-refractivity contribution in [2.75, 3.05) is 0 Å². The van der Waals surface area contributed by atoms with Crippen molar-refractivity contribution in [3.63, 3.8) is 0 Å². The van der Waals surface area contributed by atoms with Crippen LogP contribution in [0.3, 0.4) is 0 Å². The van der Waals surface area contributed by atoms with Crippen molar-refractivity contribution in [2.24, 2.45) is 5.92 Å². The van der Waals surface area contributed by atoms with E-state index in [2.05, 4.69) is 32.9 Å². The quantitative estimate of drug-likeness (QED) is 0.412. The lowest BCUT2D eigenvalue weighted by Crippen LogP contribution is -2.37. The highest BCUT2D eigenvalue weighted by atomic mass is 16.7. The van der Waals surface area contributed by atoms with Gasteiger partial charge in [-0.15, -0.1) is 0 Å². The molecule has 1 fully saturated rings. The number of allylic oxidation sites excluding steroid dienone is 1. The van der Waals surface area contributed by atoms with Gasteiger partial charge in [0.2, 0.25) is 0 Å². The van der Waals surface area contributed by atoms with E-state index in [1.54, 1.807) is 0 Å². The third-order valence-corrected chi connectivity index (χ3v) is 3.82. The summed E-state index contributed by atoms with van der Waals surface area (Å²) in [6, 6.07) is 0. The van der Waals surface area contributed by atoms with Crippen molar-refractivity contribution < 1.29 is 9.47 Å². The minimum atomic E-state index is -0.0459. The first-order valence-electron chi connectivity index (χ1n) is 8.57. The molecule has 3 atom stereocenters. The zero-order valence-electron chi connectivity index (χ0n) is 13.9. The molecule has 0 amide bonds. The van der Waals surface area contributed by atoms with Crippen molar-refractivity contribution in [2.45, 2.75) is 97.6 Å². The molecule has 20 heavy (non-hydrogen) atoms. The minimum Gasteiger partial charge on any atom is -0.350 e. The van der Waals surface area contributed by atoms with Gasteiger partial charge in [0.1, 0.15) is 0 Å². The topological polar surface area (TPSA) is 18.5 Å². The molecule has 1 heterocycles. The van der Waals surface area contributed by atoms with Gasteiger partial charge in [-0.1, -0.05) is 52.2 Å². The molecule has 0 N–H and O–H groups in total. The molecule has 1 aliphatic rings. The van der Waals surface area contributed by atoms with Crippen molar-refractivity contribution >= 4 is 0 Å². The second-order valence-corrected chi connectivity index (χ2v) is 6.51. The number of ether oxygens (including phenoxy) is 2. The van der Waals surface area contributed by atoms with Gasteiger partial charge in [0.15, 0.2) is 6.29 Å². The highest BCUT2D eigenvalue weighted by Crippen LogP contribution is 2.25. The molecule has 0 aromatic rings. The summed E-state index contributed by atoms with van der Waals surface area (Å²) < 4.78 is 11.7. The minimum absolute atomic E-state index is 0.0459. The molecular formula is C18H34O2. The first kappa shape index (κ1) is 17.7. The third kappa shape index (κ3) is 8.06. The van der Waals surface area contributed by atoms with Crippen LogP contribution in [0.4, 0.5) is 0 Å². The van der Waals surface area contributed by atoms with Gasteiger partial charge in [0.25, 0.3) is 0 Å². The fourth-order valence-electron chi connectivity index (χ4n) is 2.86. The van der Waals surface area contributed by atoms with Crippen LogP contribution in [0.15, 0.2) is 12.2 Å². The van der Waals surface area contributed by atoms with Gasteiger partial charge in [-0.05, 0) is 38.5 Å². The van der Waals surface area contributed by atoms with Crippen molar-refractivity contribution in [3.8, 4) is 0 Å². The van der Waals surface area contributed by atoms with Gasteiger partial charge >= 0.3 is 0 Å². The van der Waals surface area contributed by atoms with Crippen LogP contribution >= 0.6 is 0 Å². The van der Waals surface area contributed by atoms with E-state index < -0.39 is 0 Å².